The first-order valence-corrected chi connectivity index (χ1v) is 13.8. The van der Waals surface area contributed by atoms with E-state index >= 15 is 0 Å². The maximum Gasteiger partial charge on any atom is 0.270 e. The fourth-order valence-corrected chi connectivity index (χ4v) is 7.13. The van der Waals surface area contributed by atoms with Crippen LogP contribution in [-0.2, 0) is 23.4 Å². The molecule has 1 aromatic heterocycles. The van der Waals surface area contributed by atoms with E-state index in [1.54, 1.807) is 12.1 Å². The highest BCUT2D eigenvalue weighted by molar-refractivity contribution is 5.96. The van der Waals surface area contributed by atoms with Crippen LogP contribution in [0.5, 0.6) is 0 Å². The quantitative estimate of drug-likeness (QED) is 0.305. The van der Waals surface area contributed by atoms with Crippen molar-refractivity contribution in [3.8, 4) is 0 Å². The molecule has 4 nitrogen and oxygen atoms in total. The summed E-state index contributed by atoms with van der Waals surface area (Å²) >= 11 is 0. The van der Waals surface area contributed by atoms with Crippen LogP contribution in [-0.4, -0.2) is 41.3 Å². The Morgan fingerprint density at radius 2 is 1.54 bits per heavy atom. The Labute approximate surface area is 228 Å². The lowest BCUT2D eigenvalue weighted by atomic mass is 9.65. The lowest BCUT2D eigenvalue weighted by molar-refractivity contribution is -0.0142. The molecule has 1 aliphatic carbocycles. The second-order valence-electron chi connectivity index (χ2n) is 11.5. The molecule has 6 heteroatoms. The van der Waals surface area contributed by atoms with E-state index in [0.29, 0.717) is 12.1 Å². The van der Waals surface area contributed by atoms with E-state index in [4.69, 9.17) is 0 Å². The maximum absolute atomic E-state index is 14.1. The van der Waals surface area contributed by atoms with E-state index in [2.05, 4.69) is 72.5 Å². The third kappa shape index (κ3) is 4.08. The first-order valence-electron chi connectivity index (χ1n) is 13.8. The van der Waals surface area contributed by atoms with Crippen LogP contribution < -0.4 is 0 Å². The summed E-state index contributed by atoms with van der Waals surface area (Å²) in [5.41, 5.74) is 4.58. The molecular formula is C33H35F2N3O. The summed E-state index contributed by atoms with van der Waals surface area (Å²) in [7, 11) is 4.29. The molecule has 0 atom stereocenters. The average molecular weight is 528 g/mol. The van der Waals surface area contributed by atoms with Gasteiger partial charge in [0.25, 0.3) is 11.8 Å². The van der Waals surface area contributed by atoms with Gasteiger partial charge in [-0.3, -0.25) is 9.69 Å². The van der Waals surface area contributed by atoms with Crippen molar-refractivity contribution in [1.29, 1.82) is 0 Å². The highest BCUT2D eigenvalue weighted by atomic mass is 19.3. The predicted octanol–water partition coefficient (Wildman–Crippen LogP) is 7.20. The first-order chi connectivity index (χ1) is 18.7. The Kier molecular flexibility index (Phi) is 6.14. The Balaban J connectivity index is 1.43. The molecule has 1 N–H and O–H groups in total. The highest BCUT2D eigenvalue weighted by Crippen LogP contribution is 2.53. The third-order valence-electron chi connectivity index (χ3n) is 9.34. The van der Waals surface area contributed by atoms with Crippen LogP contribution >= 0.6 is 0 Å². The number of carbonyl (C=O) groups excluding carboxylic acids is 1. The van der Waals surface area contributed by atoms with E-state index in [0.717, 1.165) is 50.2 Å². The van der Waals surface area contributed by atoms with Crippen molar-refractivity contribution in [3.05, 3.63) is 107 Å². The second-order valence-corrected chi connectivity index (χ2v) is 11.5. The number of aromatic amines is 1. The fraction of sp³-hybridized carbons (Fsp3) is 0.364. The summed E-state index contributed by atoms with van der Waals surface area (Å²) in [6, 6.07) is 24.9. The molecule has 0 radical (unpaired) electrons. The molecule has 0 unspecified atom stereocenters. The predicted molar refractivity (Wildman–Crippen MR) is 151 cm³/mol. The molecule has 1 amide bonds. The van der Waals surface area contributed by atoms with Gasteiger partial charge in [-0.1, -0.05) is 60.7 Å². The topological polar surface area (TPSA) is 39.3 Å². The zero-order chi connectivity index (χ0) is 27.4. The minimum absolute atomic E-state index is 0.0818. The lowest BCUT2D eigenvalue weighted by Crippen LogP contribution is -2.58. The molecule has 202 valence electrons. The van der Waals surface area contributed by atoms with Crippen molar-refractivity contribution in [2.45, 2.75) is 56.0 Å². The first kappa shape index (κ1) is 25.8. The maximum atomic E-state index is 14.1. The number of nitrogens with one attached hydrogen (secondary N) is 1. The molecule has 0 saturated heterocycles. The standard InChI is InChI=1S/C33H35F2N3O/c1-31(34,35)24-15-13-23(14-16-24)30(39)38-22-17-27-26-11-7-8-12-28(26)36-29(27)33(38)20-18-32(19-21-33,37(2)3)25-9-5-4-6-10-25/h4-16,36H,17-22H2,1-3H3. The lowest BCUT2D eigenvalue weighted by Gasteiger charge is -2.55. The zero-order valence-electron chi connectivity index (χ0n) is 22.8. The number of H-pyrrole nitrogens is 1. The van der Waals surface area contributed by atoms with Crippen LogP contribution in [0.25, 0.3) is 10.9 Å². The van der Waals surface area contributed by atoms with Crippen molar-refractivity contribution in [3.63, 3.8) is 0 Å². The second kappa shape index (κ2) is 9.30. The van der Waals surface area contributed by atoms with Gasteiger partial charge in [0, 0.05) is 46.7 Å². The molecule has 3 aromatic carbocycles. The molecule has 1 fully saturated rings. The van der Waals surface area contributed by atoms with Crippen molar-refractivity contribution in [2.24, 2.45) is 0 Å². The number of rotatable bonds is 4. The van der Waals surface area contributed by atoms with Crippen LogP contribution in [0.3, 0.4) is 0 Å². The molecule has 0 bridgehead atoms. The Morgan fingerprint density at radius 3 is 2.18 bits per heavy atom. The Bertz CT molecular complexity index is 1490. The summed E-state index contributed by atoms with van der Waals surface area (Å²) in [4.78, 5) is 22.2. The van der Waals surface area contributed by atoms with E-state index < -0.39 is 11.5 Å². The SMILES string of the molecule is CN(C)C1(c2ccccc2)CCC2(CC1)c1[nH]c3ccccc3c1CCN2C(=O)c1ccc(C(C)(F)F)cc1. The van der Waals surface area contributed by atoms with E-state index in [9.17, 15) is 13.6 Å². The number of benzene rings is 3. The number of para-hydroxylation sites is 1. The van der Waals surface area contributed by atoms with Crippen LogP contribution in [0.1, 0.15) is 65.3 Å². The third-order valence-corrected chi connectivity index (χ3v) is 9.34. The van der Waals surface area contributed by atoms with Gasteiger partial charge in [0.15, 0.2) is 0 Å². The molecule has 4 aromatic rings. The highest BCUT2D eigenvalue weighted by Gasteiger charge is 2.53. The summed E-state index contributed by atoms with van der Waals surface area (Å²) < 4.78 is 27.7. The number of aromatic nitrogens is 1. The minimum Gasteiger partial charge on any atom is -0.356 e. The van der Waals surface area contributed by atoms with Gasteiger partial charge in [0.1, 0.15) is 0 Å². The molecule has 6 rings (SSSR count). The van der Waals surface area contributed by atoms with Gasteiger partial charge >= 0.3 is 0 Å². The van der Waals surface area contributed by atoms with Crippen LogP contribution in [0.4, 0.5) is 8.78 Å². The number of hydrogen-bond acceptors (Lipinski definition) is 2. The summed E-state index contributed by atoms with van der Waals surface area (Å²) in [6.45, 7) is 1.48. The number of fused-ring (bicyclic) bond motifs is 4. The molecule has 39 heavy (non-hydrogen) atoms. The van der Waals surface area contributed by atoms with Gasteiger partial charge in [0.2, 0.25) is 0 Å². The molecule has 2 aliphatic rings. The number of nitrogens with zero attached hydrogens (tertiary/aromatic N) is 2. The van der Waals surface area contributed by atoms with Crippen LogP contribution in [0.2, 0.25) is 0 Å². The minimum atomic E-state index is -2.94. The smallest absolute Gasteiger partial charge is 0.270 e. The Hall–Kier alpha value is -3.51. The van der Waals surface area contributed by atoms with Crippen molar-refractivity contribution < 1.29 is 13.6 Å². The summed E-state index contributed by atoms with van der Waals surface area (Å²) in [5, 5.41) is 1.22. The molecule has 2 heterocycles. The number of alkyl halides is 2. The van der Waals surface area contributed by atoms with Gasteiger partial charge in [-0.05, 0) is 75.5 Å². The van der Waals surface area contributed by atoms with E-state index in [1.165, 1.54) is 28.6 Å². The van der Waals surface area contributed by atoms with Crippen LogP contribution in [0, 0.1) is 0 Å². The zero-order valence-corrected chi connectivity index (χ0v) is 22.8. The van der Waals surface area contributed by atoms with Crippen molar-refractivity contribution in [2.75, 3.05) is 20.6 Å². The fourth-order valence-electron chi connectivity index (χ4n) is 7.13. The summed E-state index contributed by atoms with van der Waals surface area (Å²) in [5.74, 6) is -3.04. The van der Waals surface area contributed by atoms with E-state index in [-0.39, 0.29) is 17.0 Å². The monoisotopic (exact) mass is 527 g/mol. The normalized spacial score (nSPS) is 23.4. The summed E-state index contributed by atoms with van der Waals surface area (Å²) in [6.07, 6.45) is 4.15. The Morgan fingerprint density at radius 1 is 0.897 bits per heavy atom. The molecular weight excluding hydrogens is 492 g/mol. The van der Waals surface area contributed by atoms with Crippen LogP contribution in [0.15, 0.2) is 78.9 Å². The molecule has 1 aliphatic heterocycles. The number of halogens is 2. The number of hydrogen-bond donors (Lipinski definition) is 1. The van der Waals surface area contributed by atoms with Gasteiger partial charge in [-0.25, -0.2) is 8.78 Å². The molecule has 1 spiro atoms. The molecule has 1 saturated carbocycles. The average Bonchev–Trinajstić information content (AvgIpc) is 3.33. The van der Waals surface area contributed by atoms with Gasteiger partial charge < -0.3 is 9.88 Å². The van der Waals surface area contributed by atoms with E-state index in [1.807, 2.05) is 11.0 Å². The van der Waals surface area contributed by atoms with Crippen molar-refractivity contribution in [1.82, 2.24) is 14.8 Å². The largest absolute Gasteiger partial charge is 0.356 e. The number of amides is 1. The number of carbonyl (C=O) groups is 1. The van der Waals surface area contributed by atoms with Gasteiger partial charge in [-0.2, -0.15) is 0 Å². The van der Waals surface area contributed by atoms with Gasteiger partial charge in [0.05, 0.1) is 5.54 Å². The van der Waals surface area contributed by atoms with Crippen molar-refractivity contribution >= 4 is 16.8 Å². The van der Waals surface area contributed by atoms with Gasteiger partial charge in [-0.15, -0.1) is 0 Å².